The van der Waals surface area contributed by atoms with Crippen molar-refractivity contribution in [2.24, 2.45) is 5.41 Å². The molecule has 225 valence electrons. The molecule has 2 nitrogen and oxygen atoms in total. The normalized spacial score (nSPS) is 11.3. The van der Waals surface area contributed by atoms with Crippen LogP contribution in [-0.2, 0) is 32.9 Å². The Balaban J connectivity index is 0.000000233. The topological polar surface area (TPSA) is 25.8 Å². The predicted octanol–water partition coefficient (Wildman–Crippen LogP) is 9.27. The van der Waals surface area contributed by atoms with Crippen molar-refractivity contribution < 1.29 is 24.5 Å². The Morgan fingerprint density at radius 2 is 1.49 bits per heavy atom. The van der Waals surface area contributed by atoms with E-state index in [-0.39, 0.29) is 31.3 Å². The molecule has 0 amide bonds. The summed E-state index contributed by atoms with van der Waals surface area (Å²) < 4.78 is 14.4. The van der Waals surface area contributed by atoms with Gasteiger partial charge in [-0.15, -0.1) is 53.6 Å². The van der Waals surface area contributed by atoms with Crippen LogP contribution in [0.4, 0.5) is 4.39 Å². The van der Waals surface area contributed by atoms with E-state index in [1.54, 1.807) is 19.1 Å². The molecule has 5 rings (SSSR count). The van der Waals surface area contributed by atoms with Crippen molar-refractivity contribution in [3.63, 3.8) is 0 Å². The Morgan fingerprint density at radius 3 is 2.14 bits per heavy atom. The molecule has 3 aromatic carbocycles. The third kappa shape index (κ3) is 9.89. The summed E-state index contributed by atoms with van der Waals surface area (Å²) in [5, 5.41) is 1.37. The third-order valence-corrected chi connectivity index (χ3v) is 9.03. The molecule has 0 N–H and O–H groups in total. The van der Waals surface area contributed by atoms with Gasteiger partial charge in [-0.1, -0.05) is 113 Å². The van der Waals surface area contributed by atoms with Crippen LogP contribution in [0, 0.1) is 30.3 Å². The van der Waals surface area contributed by atoms with Gasteiger partial charge in [-0.2, -0.15) is 0 Å². The number of hydrogen-bond acceptors (Lipinski definition) is 2. The van der Waals surface area contributed by atoms with Gasteiger partial charge in [0.15, 0.2) is 0 Å². The van der Waals surface area contributed by atoms with Crippen LogP contribution in [0.1, 0.15) is 43.0 Å². The molecule has 0 aliphatic rings. The summed E-state index contributed by atoms with van der Waals surface area (Å²) in [4.78, 5) is 8.94. The van der Waals surface area contributed by atoms with E-state index in [2.05, 4.69) is 105 Å². The van der Waals surface area contributed by atoms with Gasteiger partial charge >= 0.3 is 0 Å². The summed E-state index contributed by atoms with van der Waals surface area (Å²) in [6, 6.07) is 34.5. The van der Waals surface area contributed by atoms with Crippen LogP contribution in [0.5, 0.6) is 0 Å². The van der Waals surface area contributed by atoms with E-state index < -0.39 is 8.07 Å². The zero-order chi connectivity index (χ0) is 30.3. The molecule has 0 atom stereocenters. The van der Waals surface area contributed by atoms with Gasteiger partial charge in [0.1, 0.15) is 0 Å². The van der Waals surface area contributed by atoms with E-state index in [4.69, 9.17) is 0 Å². The van der Waals surface area contributed by atoms with E-state index in [9.17, 15) is 4.39 Å². The van der Waals surface area contributed by atoms with E-state index in [0.717, 1.165) is 24.1 Å². The zero-order valence-electron chi connectivity index (χ0n) is 26.3. The van der Waals surface area contributed by atoms with E-state index >= 15 is 0 Å². The zero-order valence-corrected chi connectivity index (χ0v) is 29.7. The molecule has 1 radical (unpaired) electrons. The minimum atomic E-state index is -1.49. The fraction of sp³-hybridized carbons (Fsp3) is 0.263. The average molecular weight is 765 g/mol. The molecule has 0 unspecified atom stereocenters. The molecule has 2 heterocycles. The summed E-state index contributed by atoms with van der Waals surface area (Å²) in [5.74, 6) is -0.220. The van der Waals surface area contributed by atoms with Crippen LogP contribution < -0.4 is 5.19 Å². The van der Waals surface area contributed by atoms with Gasteiger partial charge in [0.05, 0.1) is 8.07 Å². The monoisotopic (exact) mass is 765 g/mol. The minimum absolute atomic E-state index is 0. The van der Waals surface area contributed by atoms with E-state index in [1.165, 1.54) is 21.9 Å². The molecule has 0 bridgehead atoms. The van der Waals surface area contributed by atoms with E-state index in [1.807, 2.05) is 42.7 Å². The first kappa shape index (κ1) is 34.2. The molecule has 43 heavy (non-hydrogen) atoms. The molecule has 0 spiro atoms. The number of halogens is 1. The number of hydrogen-bond donors (Lipinski definition) is 0. The van der Waals surface area contributed by atoms with Crippen molar-refractivity contribution in [3.8, 4) is 22.5 Å². The van der Waals surface area contributed by atoms with Crippen molar-refractivity contribution in [1.29, 1.82) is 0 Å². The molecule has 5 heteroatoms. The van der Waals surface area contributed by atoms with Crippen molar-refractivity contribution in [1.82, 2.24) is 9.97 Å². The van der Waals surface area contributed by atoms with Crippen molar-refractivity contribution >= 4 is 13.3 Å². The van der Waals surface area contributed by atoms with Crippen molar-refractivity contribution in [3.05, 3.63) is 138 Å². The predicted molar refractivity (Wildman–Crippen MR) is 177 cm³/mol. The Hall–Kier alpha value is -3.24. The summed E-state index contributed by atoms with van der Waals surface area (Å²) in [6.07, 6.45) is 5.69. The molecule has 0 aliphatic heterocycles. The quantitative estimate of drug-likeness (QED) is 0.127. The van der Waals surface area contributed by atoms with Crippen molar-refractivity contribution in [2.75, 3.05) is 0 Å². The Labute approximate surface area is 272 Å². The number of pyridine rings is 2. The van der Waals surface area contributed by atoms with Crippen LogP contribution in [-0.4, -0.2) is 18.0 Å². The van der Waals surface area contributed by atoms with Crippen LogP contribution >= 0.6 is 0 Å². The average Bonchev–Trinajstić information content (AvgIpc) is 2.95. The maximum Gasteiger partial charge on any atom is 0.0798 e. The Morgan fingerprint density at radius 1 is 0.791 bits per heavy atom. The fourth-order valence-electron chi connectivity index (χ4n) is 4.92. The van der Waals surface area contributed by atoms with Crippen LogP contribution in [0.3, 0.4) is 0 Å². The first-order valence-electron chi connectivity index (χ1n) is 14.5. The molecule has 0 saturated carbocycles. The number of nitrogens with zero attached hydrogens (tertiary/aromatic N) is 2. The smallest absolute Gasteiger partial charge is 0.0798 e. The first-order chi connectivity index (χ1) is 19.9. The number of rotatable bonds is 6. The van der Waals surface area contributed by atoms with Gasteiger partial charge in [0, 0.05) is 38.3 Å². The maximum absolute atomic E-state index is 14.4. The molecular formula is C38H41FIrN2Si-2. The van der Waals surface area contributed by atoms with Crippen LogP contribution in [0.2, 0.25) is 19.6 Å². The molecular weight excluding hydrogens is 724 g/mol. The number of aromatic nitrogens is 2. The summed E-state index contributed by atoms with van der Waals surface area (Å²) >= 11 is 0. The van der Waals surface area contributed by atoms with Crippen LogP contribution in [0.15, 0.2) is 97.3 Å². The largest absolute Gasteiger partial charge is 0.305 e. The summed E-state index contributed by atoms with van der Waals surface area (Å²) in [7, 11) is -1.49. The molecule has 5 aromatic rings. The van der Waals surface area contributed by atoms with Gasteiger partial charge in [-0.3, -0.25) is 4.39 Å². The minimum Gasteiger partial charge on any atom is -0.305 e. The summed E-state index contributed by atoms with van der Waals surface area (Å²) in [6.45, 7) is 15.5. The molecule has 0 fully saturated rings. The Bertz CT molecular complexity index is 1610. The number of benzene rings is 3. The fourth-order valence-corrected chi connectivity index (χ4v) is 6.50. The third-order valence-electron chi connectivity index (χ3n) is 6.96. The second-order valence-corrected chi connectivity index (χ2v) is 18.1. The van der Waals surface area contributed by atoms with Gasteiger partial charge in [0.25, 0.3) is 0 Å². The molecule has 0 saturated heterocycles. The summed E-state index contributed by atoms with van der Waals surface area (Å²) in [5.41, 5.74) is 7.90. The molecule has 2 aromatic heterocycles. The second kappa shape index (κ2) is 15.0. The molecule has 0 aliphatic carbocycles. The van der Waals surface area contributed by atoms with Gasteiger partial charge in [-0.05, 0) is 46.5 Å². The SMILES string of the molecule is Cc1cc[c-]c(-c2cc(CC(C)(C)C)c([Si](C)(C)C)cn2)c1F.[Ir].[c-]1ccc(Cc2ccccc2)cc1-c1ccccn1. The second-order valence-electron chi connectivity index (χ2n) is 13.1. The van der Waals surface area contributed by atoms with Gasteiger partial charge in [0.2, 0.25) is 0 Å². The maximum atomic E-state index is 14.4. The van der Waals surface area contributed by atoms with Gasteiger partial charge in [-0.25, -0.2) is 0 Å². The van der Waals surface area contributed by atoms with Gasteiger partial charge < -0.3 is 9.97 Å². The standard InChI is InChI=1S/C20H27FNSi.C18H14N.Ir/c1-14-9-8-10-16(19(14)21)17-11-15(12-20(2,3)4)18(13-22-17)23(5,6)7;1-2-7-15(8-3-1)13-16-9-6-10-17(14-16)18-11-4-5-12-19-18;/h8-9,11,13H,12H2,1-7H3;1-9,11-12,14H,13H2;/q2*-1;. The first-order valence-corrected chi connectivity index (χ1v) is 18.0. The Kier molecular flexibility index (Phi) is 11.9. The van der Waals surface area contributed by atoms with Crippen molar-refractivity contribution in [2.45, 2.75) is 60.2 Å². The van der Waals surface area contributed by atoms with Crippen LogP contribution in [0.25, 0.3) is 22.5 Å². The number of aryl methyl sites for hydroxylation is 1. The van der Waals surface area contributed by atoms with E-state index in [0.29, 0.717) is 16.8 Å².